The highest BCUT2D eigenvalue weighted by molar-refractivity contribution is 6.12. The van der Waals surface area contributed by atoms with Gasteiger partial charge < -0.3 is 4.42 Å². The summed E-state index contributed by atoms with van der Waals surface area (Å²) < 4.78 is 5.39. The molecular formula is C20H12O3. The van der Waals surface area contributed by atoms with E-state index in [9.17, 15) is 9.59 Å². The predicted molar refractivity (Wildman–Crippen MR) is 89.9 cm³/mol. The molecule has 0 spiro atoms. The van der Waals surface area contributed by atoms with Crippen LogP contribution in [0, 0.1) is 0 Å². The molecule has 23 heavy (non-hydrogen) atoms. The zero-order valence-electron chi connectivity index (χ0n) is 12.2. The van der Waals surface area contributed by atoms with E-state index in [1.165, 1.54) is 0 Å². The van der Waals surface area contributed by atoms with E-state index in [4.69, 9.17) is 4.42 Å². The lowest BCUT2D eigenvalue weighted by Crippen LogP contribution is -2.03. The highest BCUT2D eigenvalue weighted by atomic mass is 16.4. The molecule has 0 radical (unpaired) electrons. The summed E-state index contributed by atoms with van der Waals surface area (Å²) in [5.41, 5.74) is 1.14. The first-order valence-corrected chi connectivity index (χ1v) is 7.29. The van der Waals surface area contributed by atoms with Crippen molar-refractivity contribution in [3.8, 4) is 0 Å². The first-order valence-electron chi connectivity index (χ1n) is 7.29. The van der Waals surface area contributed by atoms with Crippen LogP contribution in [0.15, 0.2) is 82.0 Å². The average molecular weight is 300 g/mol. The molecule has 0 amide bonds. The van der Waals surface area contributed by atoms with Crippen LogP contribution in [-0.4, -0.2) is 5.78 Å². The minimum absolute atomic E-state index is 0.0942. The second-order valence-electron chi connectivity index (χ2n) is 5.34. The smallest absolute Gasteiger partial charge is 0.344 e. The molecule has 3 heteroatoms. The summed E-state index contributed by atoms with van der Waals surface area (Å²) in [6, 6.07) is 21.6. The van der Waals surface area contributed by atoms with Crippen molar-refractivity contribution in [3.05, 3.63) is 94.3 Å². The molecule has 110 valence electrons. The van der Waals surface area contributed by atoms with E-state index in [1.807, 2.05) is 36.4 Å². The summed E-state index contributed by atoms with van der Waals surface area (Å²) in [7, 11) is 0. The molecule has 3 aromatic carbocycles. The van der Waals surface area contributed by atoms with Crippen LogP contribution in [0.25, 0.3) is 21.7 Å². The Bertz CT molecular complexity index is 1090. The van der Waals surface area contributed by atoms with E-state index >= 15 is 0 Å². The van der Waals surface area contributed by atoms with Gasteiger partial charge in [-0.3, -0.25) is 4.79 Å². The van der Waals surface area contributed by atoms with Crippen LogP contribution in [0.2, 0.25) is 0 Å². The van der Waals surface area contributed by atoms with Gasteiger partial charge in [0.2, 0.25) is 0 Å². The first-order chi connectivity index (χ1) is 11.2. The lowest BCUT2D eigenvalue weighted by atomic mass is 10.0. The van der Waals surface area contributed by atoms with Crippen molar-refractivity contribution in [2.75, 3.05) is 0 Å². The second kappa shape index (κ2) is 5.21. The Kier molecular flexibility index (Phi) is 3.05. The highest BCUT2D eigenvalue weighted by Gasteiger charge is 2.12. The van der Waals surface area contributed by atoms with Gasteiger partial charge in [-0.15, -0.1) is 0 Å². The number of fused-ring (bicyclic) bond motifs is 3. The van der Waals surface area contributed by atoms with Gasteiger partial charge in [-0.05, 0) is 23.6 Å². The number of rotatable bonds is 2. The van der Waals surface area contributed by atoms with Gasteiger partial charge in [-0.1, -0.05) is 54.6 Å². The SMILES string of the molecule is O=C(c1ccccc1)c1ccc2c(c1)oc(=O)c1ccccc12. The summed E-state index contributed by atoms with van der Waals surface area (Å²) in [4.78, 5) is 24.6. The third-order valence-corrected chi connectivity index (χ3v) is 3.92. The van der Waals surface area contributed by atoms with Crippen molar-refractivity contribution in [2.45, 2.75) is 0 Å². The Morgan fingerprint density at radius 3 is 2.17 bits per heavy atom. The van der Waals surface area contributed by atoms with Gasteiger partial charge in [0.05, 0.1) is 5.39 Å². The van der Waals surface area contributed by atoms with Gasteiger partial charge in [-0.25, -0.2) is 4.79 Å². The summed E-state index contributed by atoms with van der Waals surface area (Å²) in [5.74, 6) is -0.0942. The summed E-state index contributed by atoms with van der Waals surface area (Å²) in [5, 5.41) is 2.20. The third-order valence-electron chi connectivity index (χ3n) is 3.92. The molecular weight excluding hydrogens is 288 g/mol. The predicted octanol–water partition coefficient (Wildman–Crippen LogP) is 4.18. The lowest BCUT2D eigenvalue weighted by molar-refractivity contribution is 0.103. The number of ketones is 1. The summed E-state index contributed by atoms with van der Waals surface area (Å²) in [6.07, 6.45) is 0. The van der Waals surface area contributed by atoms with Gasteiger partial charge in [-0.2, -0.15) is 0 Å². The molecule has 0 saturated heterocycles. The zero-order valence-corrected chi connectivity index (χ0v) is 12.2. The topological polar surface area (TPSA) is 47.3 Å². The van der Waals surface area contributed by atoms with Crippen LogP contribution in [0.5, 0.6) is 0 Å². The monoisotopic (exact) mass is 300 g/mol. The van der Waals surface area contributed by atoms with Gasteiger partial charge in [0.15, 0.2) is 5.78 Å². The van der Waals surface area contributed by atoms with Crippen molar-refractivity contribution in [2.24, 2.45) is 0 Å². The van der Waals surface area contributed by atoms with Crippen LogP contribution < -0.4 is 5.63 Å². The van der Waals surface area contributed by atoms with Crippen LogP contribution >= 0.6 is 0 Å². The van der Waals surface area contributed by atoms with Crippen LogP contribution in [0.3, 0.4) is 0 Å². The van der Waals surface area contributed by atoms with Gasteiger partial charge in [0, 0.05) is 16.5 Å². The fraction of sp³-hybridized carbons (Fsp3) is 0. The molecule has 4 rings (SSSR count). The molecule has 1 heterocycles. The zero-order chi connectivity index (χ0) is 15.8. The Morgan fingerprint density at radius 2 is 1.39 bits per heavy atom. The minimum atomic E-state index is -0.391. The first kappa shape index (κ1) is 13.5. The summed E-state index contributed by atoms with van der Waals surface area (Å²) >= 11 is 0. The second-order valence-corrected chi connectivity index (χ2v) is 5.34. The Hall–Kier alpha value is -3.20. The third kappa shape index (κ3) is 2.23. The average Bonchev–Trinajstić information content (AvgIpc) is 2.61. The van der Waals surface area contributed by atoms with E-state index in [0.717, 1.165) is 10.8 Å². The molecule has 0 fully saturated rings. The molecule has 0 atom stereocenters. The minimum Gasteiger partial charge on any atom is -0.422 e. The standard InChI is InChI=1S/C20H12O3/c21-19(13-6-2-1-3-7-13)14-10-11-16-15-8-4-5-9-17(15)20(22)23-18(16)12-14/h1-12H. The van der Waals surface area contributed by atoms with E-state index in [0.29, 0.717) is 22.1 Å². The summed E-state index contributed by atoms with van der Waals surface area (Å²) in [6.45, 7) is 0. The molecule has 0 unspecified atom stereocenters. The lowest BCUT2D eigenvalue weighted by Gasteiger charge is -2.05. The number of hydrogen-bond donors (Lipinski definition) is 0. The molecule has 0 saturated carbocycles. The normalized spacial score (nSPS) is 11.0. The molecule has 3 nitrogen and oxygen atoms in total. The quantitative estimate of drug-likeness (QED) is 0.317. The number of carbonyl (C=O) groups is 1. The highest BCUT2D eigenvalue weighted by Crippen LogP contribution is 2.24. The largest absolute Gasteiger partial charge is 0.422 e. The molecule has 0 aliphatic heterocycles. The number of carbonyl (C=O) groups excluding carboxylic acids is 1. The van der Waals surface area contributed by atoms with Crippen molar-refractivity contribution in [1.29, 1.82) is 0 Å². The van der Waals surface area contributed by atoms with Crippen molar-refractivity contribution < 1.29 is 9.21 Å². The van der Waals surface area contributed by atoms with Crippen LogP contribution in [-0.2, 0) is 0 Å². The Labute approximate surface area is 131 Å². The van der Waals surface area contributed by atoms with E-state index in [-0.39, 0.29) is 5.78 Å². The van der Waals surface area contributed by atoms with E-state index in [1.54, 1.807) is 36.4 Å². The van der Waals surface area contributed by atoms with Gasteiger partial charge in [0.25, 0.3) is 0 Å². The molecule has 4 aromatic rings. The Balaban J connectivity index is 1.94. The van der Waals surface area contributed by atoms with E-state index in [2.05, 4.69) is 0 Å². The maximum absolute atomic E-state index is 12.5. The molecule has 0 N–H and O–H groups in total. The fourth-order valence-corrected chi connectivity index (χ4v) is 2.78. The number of benzene rings is 3. The Morgan fingerprint density at radius 1 is 0.696 bits per heavy atom. The molecule has 0 bridgehead atoms. The van der Waals surface area contributed by atoms with Crippen LogP contribution in [0.1, 0.15) is 15.9 Å². The maximum Gasteiger partial charge on any atom is 0.344 e. The molecule has 1 aromatic heterocycles. The van der Waals surface area contributed by atoms with Crippen molar-refractivity contribution >= 4 is 27.5 Å². The van der Waals surface area contributed by atoms with Crippen molar-refractivity contribution in [3.63, 3.8) is 0 Å². The number of hydrogen-bond acceptors (Lipinski definition) is 3. The van der Waals surface area contributed by atoms with E-state index < -0.39 is 5.63 Å². The van der Waals surface area contributed by atoms with Gasteiger partial charge in [0.1, 0.15) is 5.58 Å². The maximum atomic E-state index is 12.5. The molecule has 0 aliphatic carbocycles. The van der Waals surface area contributed by atoms with Gasteiger partial charge >= 0.3 is 5.63 Å². The van der Waals surface area contributed by atoms with Crippen LogP contribution in [0.4, 0.5) is 0 Å². The fourth-order valence-electron chi connectivity index (χ4n) is 2.78. The van der Waals surface area contributed by atoms with Crippen molar-refractivity contribution in [1.82, 2.24) is 0 Å². The molecule has 0 aliphatic rings.